The third-order valence-electron chi connectivity index (χ3n) is 3.88. The van der Waals surface area contributed by atoms with Gasteiger partial charge in [-0.3, -0.25) is 4.79 Å². The number of nitrogens with one attached hydrogen (secondary N) is 1. The molecular formula is C19H12BrN3O3S. The zero-order valence-electron chi connectivity index (χ0n) is 13.9. The molecule has 8 heteroatoms. The Hall–Kier alpha value is -2.76. The fourth-order valence-corrected chi connectivity index (χ4v) is 3.77. The number of rotatable bonds is 4. The number of aromatic nitrogens is 1. The zero-order valence-corrected chi connectivity index (χ0v) is 16.3. The van der Waals surface area contributed by atoms with Crippen molar-refractivity contribution in [3.05, 3.63) is 52.5 Å². The molecule has 134 valence electrons. The van der Waals surface area contributed by atoms with E-state index in [1.165, 1.54) is 11.8 Å². The van der Waals surface area contributed by atoms with Gasteiger partial charge in [0.2, 0.25) is 12.7 Å². The maximum Gasteiger partial charge on any atom is 0.234 e. The number of para-hydroxylation sites is 1. The second-order valence-corrected chi connectivity index (χ2v) is 7.49. The standard InChI is InChI=1S/C19H12BrN3O3S/c20-13-3-1-2-4-14(13)22-18(24)9-27-19-12(8-21)5-11-6-16-17(26-10-25-16)7-15(11)23-19/h1-7H,9-10H2,(H,22,24). The SMILES string of the molecule is N#Cc1cc2cc3c(cc2nc1SCC(=O)Nc1ccccc1Br)OCO3. The summed E-state index contributed by atoms with van der Waals surface area (Å²) in [5, 5.41) is 13.6. The van der Waals surface area contributed by atoms with Crippen molar-refractivity contribution in [2.24, 2.45) is 0 Å². The number of fused-ring (bicyclic) bond motifs is 2. The van der Waals surface area contributed by atoms with Crippen LogP contribution in [0.4, 0.5) is 5.69 Å². The van der Waals surface area contributed by atoms with Gasteiger partial charge in [-0.1, -0.05) is 23.9 Å². The van der Waals surface area contributed by atoms with E-state index in [1.54, 1.807) is 18.2 Å². The first kappa shape index (κ1) is 17.6. The van der Waals surface area contributed by atoms with Crippen molar-refractivity contribution in [3.63, 3.8) is 0 Å². The van der Waals surface area contributed by atoms with Gasteiger partial charge in [0, 0.05) is 15.9 Å². The van der Waals surface area contributed by atoms with E-state index in [0.717, 1.165) is 9.86 Å². The van der Waals surface area contributed by atoms with Crippen molar-refractivity contribution in [1.29, 1.82) is 5.26 Å². The minimum absolute atomic E-state index is 0.138. The van der Waals surface area contributed by atoms with E-state index in [1.807, 2.05) is 24.3 Å². The largest absolute Gasteiger partial charge is 0.454 e. The lowest BCUT2D eigenvalue weighted by Gasteiger charge is -2.08. The zero-order chi connectivity index (χ0) is 18.8. The van der Waals surface area contributed by atoms with Crippen LogP contribution in [0.5, 0.6) is 11.5 Å². The first-order chi connectivity index (χ1) is 13.1. The van der Waals surface area contributed by atoms with Crippen LogP contribution < -0.4 is 14.8 Å². The average Bonchev–Trinajstić information content (AvgIpc) is 3.12. The Morgan fingerprint density at radius 2 is 2.04 bits per heavy atom. The van der Waals surface area contributed by atoms with Gasteiger partial charge in [-0.25, -0.2) is 4.98 Å². The lowest BCUT2D eigenvalue weighted by atomic mass is 10.1. The average molecular weight is 442 g/mol. The first-order valence-corrected chi connectivity index (χ1v) is 9.73. The number of hydrogen-bond acceptors (Lipinski definition) is 6. The molecule has 0 atom stereocenters. The molecule has 2 heterocycles. The summed E-state index contributed by atoms with van der Waals surface area (Å²) < 4.78 is 11.5. The summed E-state index contributed by atoms with van der Waals surface area (Å²) in [5.74, 6) is 1.23. The minimum atomic E-state index is -0.177. The van der Waals surface area contributed by atoms with Crippen LogP contribution in [0.3, 0.4) is 0 Å². The molecule has 0 bridgehead atoms. The molecule has 1 amide bonds. The van der Waals surface area contributed by atoms with E-state index in [2.05, 4.69) is 32.3 Å². The summed E-state index contributed by atoms with van der Waals surface area (Å²) >= 11 is 4.62. The van der Waals surface area contributed by atoms with E-state index >= 15 is 0 Å². The molecular weight excluding hydrogens is 430 g/mol. The van der Waals surface area contributed by atoms with E-state index in [9.17, 15) is 10.1 Å². The number of carbonyl (C=O) groups is 1. The van der Waals surface area contributed by atoms with Crippen molar-refractivity contribution in [2.45, 2.75) is 5.03 Å². The van der Waals surface area contributed by atoms with Crippen molar-refractivity contribution in [3.8, 4) is 17.6 Å². The van der Waals surface area contributed by atoms with Crippen LogP contribution in [-0.2, 0) is 4.79 Å². The molecule has 1 aliphatic rings. The molecule has 27 heavy (non-hydrogen) atoms. The highest BCUT2D eigenvalue weighted by Crippen LogP contribution is 2.37. The Balaban J connectivity index is 1.54. The van der Waals surface area contributed by atoms with E-state index in [-0.39, 0.29) is 18.5 Å². The molecule has 0 fully saturated rings. The highest BCUT2D eigenvalue weighted by molar-refractivity contribution is 9.10. The second-order valence-electron chi connectivity index (χ2n) is 5.67. The van der Waals surface area contributed by atoms with Gasteiger partial charge in [-0.2, -0.15) is 5.26 Å². The summed E-state index contributed by atoms with van der Waals surface area (Å²) in [6.45, 7) is 0.174. The maximum atomic E-state index is 12.3. The highest BCUT2D eigenvalue weighted by Gasteiger charge is 2.17. The Bertz CT molecular complexity index is 1100. The van der Waals surface area contributed by atoms with Crippen molar-refractivity contribution < 1.29 is 14.3 Å². The van der Waals surface area contributed by atoms with Crippen LogP contribution in [0.15, 0.2) is 52.0 Å². The predicted octanol–water partition coefficient (Wildman–Crippen LogP) is 4.33. The van der Waals surface area contributed by atoms with Gasteiger partial charge in [0.15, 0.2) is 11.5 Å². The number of hydrogen-bond donors (Lipinski definition) is 1. The Kier molecular flexibility index (Phi) is 4.88. The van der Waals surface area contributed by atoms with Gasteiger partial charge in [0.25, 0.3) is 0 Å². The van der Waals surface area contributed by atoms with E-state index in [4.69, 9.17) is 9.47 Å². The molecule has 1 aromatic heterocycles. The van der Waals surface area contributed by atoms with Gasteiger partial charge in [0.05, 0.1) is 22.5 Å². The normalized spacial score (nSPS) is 12.0. The van der Waals surface area contributed by atoms with Gasteiger partial charge >= 0.3 is 0 Å². The number of thioether (sulfide) groups is 1. The Morgan fingerprint density at radius 1 is 1.26 bits per heavy atom. The molecule has 2 aromatic carbocycles. The first-order valence-electron chi connectivity index (χ1n) is 7.96. The number of nitriles is 1. The molecule has 1 aliphatic heterocycles. The number of ether oxygens (including phenoxy) is 2. The smallest absolute Gasteiger partial charge is 0.234 e. The van der Waals surface area contributed by atoms with Crippen molar-refractivity contribution in [2.75, 3.05) is 17.9 Å². The molecule has 3 aromatic rings. The summed E-state index contributed by atoms with van der Waals surface area (Å²) in [7, 11) is 0. The summed E-state index contributed by atoms with van der Waals surface area (Å²) in [4.78, 5) is 16.8. The van der Waals surface area contributed by atoms with E-state index in [0.29, 0.717) is 33.3 Å². The monoisotopic (exact) mass is 441 g/mol. The van der Waals surface area contributed by atoms with Crippen LogP contribution >= 0.6 is 27.7 Å². The second kappa shape index (κ2) is 7.47. The van der Waals surface area contributed by atoms with Crippen LogP contribution in [0.2, 0.25) is 0 Å². The molecule has 0 spiro atoms. The lowest BCUT2D eigenvalue weighted by Crippen LogP contribution is -2.14. The summed E-state index contributed by atoms with van der Waals surface area (Å²) in [6, 6.07) is 14.9. The third kappa shape index (κ3) is 3.70. The summed E-state index contributed by atoms with van der Waals surface area (Å²) in [5.41, 5.74) is 1.80. The number of benzene rings is 2. The highest BCUT2D eigenvalue weighted by atomic mass is 79.9. The maximum absolute atomic E-state index is 12.3. The fraction of sp³-hybridized carbons (Fsp3) is 0.105. The van der Waals surface area contributed by atoms with Gasteiger partial charge < -0.3 is 14.8 Å². The van der Waals surface area contributed by atoms with Gasteiger partial charge in [0.1, 0.15) is 11.1 Å². The van der Waals surface area contributed by atoms with Crippen molar-refractivity contribution in [1.82, 2.24) is 4.98 Å². The number of halogens is 1. The van der Waals surface area contributed by atoms with E-state index < -0.39 is 0 Å². The predicted molar refractivity (Wildman–Crippen MR) is 106 cm³/mol. The number of anilines is 1. The van der Waals surface area contributed by atoms with Gasteiger partial charge in [-0.15, -0.1) is 0 Å². The quantitative estimate of drug-likeness (QED) is 0.606. The van der Waals surface area contributed by atoms with Crippen molar-refractivity contribution >= 4 is 50.2 Å². The fourth-order valence-electron chi connectivity index (χ4n) is 2.62. The minimum Gasteiger partial charge on any atom is -0.454 e. The molecule has 4 rings (SSSR count). The number of nitrogens with zero attached hydrogens (tertiary/aromatic N) is 2. The number of carbonyl (C=O) groups excluding carboxylic acids is 1. The third-order valence-corrected chi connectivity index (χ3v) is 5.57. The Labute approximate surface area is 167 Å². The number of pyridine rings is 1. The topological polar surface area (TPSA) is 84.2 Å². The molecule has 6 nitrogen and oxygen atoms in total. The van der Waals surface area contributed by atoms with Gasteiger partial charge in [-0.05, 0) is 40.2 Å². The lowest BCUT2D eigenvalue weighted by molar-refractivity contribution is -0.113. The molecule has 0 aliphatic carbocycles. The Morgan fingerprint density at radius 3 is 2.81 bits per heavy atom. The summed E-state index contributed by atoms with van der Waals surface area (Å²) in [6.07, 6.45) is 0. The van der Waals surface area contributed by atoms with Crippen LogP contribution in [0.25, 0.3) is 10.9 Å². The molecule has 1 N–H and O–H groups in total. The van der Waals surface area contributed by atoms with Crippen LogP contribution in [0, 0.1) is 11.3 Å². The van der Waals surface area contributed by atoms with Crippen LogP contribution in [0.1, 0.15) is 5.56 Å². The van der Waals surface area contributed by atoms with Crippen LogP contribution in [-0.4, -0.2) is 23.4 Å². The molecule has 0 radical (unpaired) electrons. The molecule has 0 saturated heterocycles. The molecule has 0 unspecified atom stereocenters. The molecule has 0 saturated carbocycles. The number of amides is 1.